The largest absolute Gasteiger partial charge is 0.396 e. The fourth-order valence-electron chi connectivity index (χ4n) is 1.04. The second-order valence-corrected chi connectivity index (χ2v) is 6.31. The standard InChI is InChI=1S/C11H24OS2/c1-3-5-9-13-11(7-8-12)14-10-6-4-2/h11-12H,3-10H2,1-2H3. The minimum atomic E-state index is 0.336. The second kappa shape index (κ2) is 11.7. The number of aliphatic hydroxyl groups excluding tert-OH is 1. The van der Waals surface area contributed by atoms with E-state index in [0.717, 1.165) is 6.42 Å². The Labute approximate surface area is 97.4 Å². The van der Waals surface area contributed by atoms with Crippen LogP contribution in [0, 0.1) is 0 Å². The lowest BCUT2D eigenvalue weighted by Crippen LogP contribution is -2.02. The fourth-order valence-corrected chi connectivity index (χ4v) is 3.98. The summed E-state index contributed by atoms with van der Waals surface area (Å²) in [5.74, 6) is 2.50. The van der Waals surface area contributed by atoms with Gasteiger partial charge in [0.05, 0.1) is 4.58 Å². The van der Waals surface area contributed by atoms with Crippen molar-refractivity contribution in [2.24, 2.45) is 0 Å². The van der Waals surface area contributed by atoms with E-state index in [4.69, 9.17) is 5.11 Å². The highest BCUT2D eigenvalue weighted by Crippen LogP contribution is 2.28. The van der Waals surface area contributed by atoms with E-state index in [1.54, 1.807) is 0 Å². The molecule has 0 aromatic carbocycles. The third kappa shape index (κ3) is 9.22. The number of unbranched alkanes of at least 4 members (excludes halogenated alkanes) is 2. The highest BCUT2D eigenvalue weighted by Gasteiger charge is 2.07. The molecule has 0 fully saturated rings. The van der Waals surface area contributed by atoms with Crippen LogP contribution in [0.1, 0.15) is 46.0 Å². The van der Waals surface area contributed by atoms with E-state index in [-0.39, 0.29) is 0 Å². The zero-order valence-electron chi connectivity index (χ0n) is 9.50. The van der Waals surface area contributed by atoms with Crippen LogP contribution in [-0.2, 0) is 0 Å². The summed E-state index contributed by atoms with van der Waals surface area (Å²) in [7, 11) is 0. The zero-order chi connectivity index (χ0) is 10.6. The van der Waals surface area contributed by atoms with Gasteiger partial charge in [-0.2, -0.15) is 0 Å². The van der Waals surface area contributed by atoms with E-state index in [9.17, 15) is 0 Å². The normalized spacial score (nSPS) is 11.1. The van der Waals surface area contributed by atoms with Gasteiger partial charge < -0.3 is 5.11 Å². The molecule has 0 heterocycles. The molecular formula is C11H24OS2. The summed E-state index contributed by atoms with van der Waals surface area (Å²) in [4.78, 5) is 0. The smallest absolute Gasteiger partial charge is 0.0524 e. The molecule has 0 aliphatic carbocycles. The number of rotatable bonds is 10. The molecule has 0 radical (unpaired) electrons. The van der Waals surface area contributed by atoms with E-state index >= 15 is 0 Å². The van der Waals surface area contributed by atoms with Crippen molar-refractivity contribution in [3.8, 4) is 0 Å². The molecule has 0 aliphatic rings. The van der Waals surface area contributed by atoms with Crippen LogP contribution >= 0.6 is 23.5 Å². The zero-order valence-corrected chi connectivity index (χ0v) is 11.1. The maximum atomic E-state index is 8.92. The Morgan fingerprint density at radius 3 is 1.86 bits per heavy atom. The summed E-state index contributed by atoms with van der Waals surface area (Å²) in [6.45, 7) is 4.79. The van der Waals surface area contributed by atoms with Crippen LogP contribution in [0.3, 0.4) is 0 Å². The molecule has 0 rings (SSSR count). The molecule has 0 aromatic heterocycles. The number of thioether (sulfide) groups is 2. The van der Waals surface area contributed by atoms with Gasteiger partial charge in [0, 0.05) is 6.61 Å². The lowest BCUT2D eigenvalue weighted by atomic mass is 10.4. The molecule has 0 aromatic rings. The highest BCUT2D eigenvalue weighted by molar-refractivity contribution is 8.17. The van der Waals surface area contributed by atoms with Crippen molar-refractivity contribution in [1.29, 1.82) is 0 Å². The van der Waals surface area contributed by atoms with Crippen molar-refractivity contribution in [2.75, 3.05) is 18.1 Å². The van der Waals surface area contributed by atoms with Crippen LogP contribution in [0.15, 0.2) is 0 Å². The third-order valence-corrected chi connectivity index (χ3v) is 5.05. The van der Waals surface area contributed by atoms with E-state index in [1.165, 1.54) is 37.2 Å². The lowest BCUT2D eigenvalue weighted by molar-refractivity contribution is 0.294. The lowest BCUT2D eigenvalue weighted by Gasteiger charge is -2.14. The van der Waals surface area contributed by atoms with Crippen molar-refractivity contribution in [2.45, 2.75) is 50.5 Å². The van der Waals surface area contributed by atoms with Crippen molar-refractivity contribution in [3.63, 3.8) is 0 Å². The van der Waals surface area contributed by atoms with Crippen LogP contribution in [-0.4, -0.2) is 27.8 Å². The van der Waals surface area contributed by atoms with E-state index in [0.29, 0.717) is 11.2 Å². The molecule has 14 heavy (non-hydrogen) atoms. The Kier molecular flexibility index (Phi) is 12.3. The summed E-state index contributed by atoms with van der Waals surface area (Å²) in [6.07, 6.45) is 6.11. The predicted octanol–water partition coefficient (Wildman–Crippen LogP) is 3.76. The molecule has 0 unspecified atom stereocenters. The number of aliphatic hydroxyl groups is 1. The first-order valence-corrected chi connectivity index (χ1v) is 7.78. The van der Waals surface area contributed by atoms with Gasteiger partial charge in [-0.25, -0.2) is 0 Å². The van der Waals surface area contributed by atoms with Crippen molar-refractivity contribution in [3.05, 3.63) is 0 Å². The number of hydrogen-bond acceptors (Lipinski definition) is 3. The van der Waals surface area contributed by atoms with Crippen LogP contribution in [0.4, 0.5) is 0 Å². The van der Waals surface area contributed by atoms with Crippen molar-refractivity contribution >= 4 is 23.5 Å². The molecular weight excluding hydrogens is 212 g/mol. The van der Waals surface area contributed by atoms with Crippen LogP contribution in [0.25, 0.3) is 0 Å². The summed E-state index contributed by atoms with van der Waals surface area (Å²) in [5, 5.41) is 8.92. The van der Waals surface area contributed by atoms with E-state index in [2.05, 4.69) is 13.8 Å². The molecule has 86 valence electrons. The van der Waals surface area contributed by atoms with Crippen molar-refractivity contribution < 1.29 is 5.11 Å². The minimum Gasteiger partial charge on any atom is -0.396 e. The molecule has 0 amide bonds. The SMILES string of the molecule is CCCCSC(CCO)SCCCC. The Morgan fingerprint density at radius 1 is 1.00 bits per heavy atom. The molecule has 0 bridgehead atoms. The quantitative estimate of drug-likeness (QED) is 0.461. The first kappa shape index (κ1) is 14.7. The van der Waals surface area contributed by atoms with Gasteiger partial charge in [0.1, 0.15) is 0 Å². The van der Waals surface area contributed by atoms with Crippen LogP contribution < -0.4 is 0 Å². The minimum absolute atomic E-state index is 0.336. The van der Waals surface area contributed by atoms with Crippen LogP contribution in [0.5, 0.6) is 0 Å². The molecule has 0 aliphatic heterocycles. The molecule has 0 saturated heterocycles. The average Bonchev–Trinajstić information content (AvgIpc) is 2.18. The van der Waals surface area contributed by atoms with E-state index in [1.807, 2.05) is 23.5 Å². The van der Waals surface area contributed by atoms with E-state index < -0.39 is 0 Å². The van der Waals surface area contributed by atoms with Gasteiger partial charge in [-0.3, -0.25) is 0 Å². The van der Waals surface area contributed by atoms with Gasteiger partial charge in [0.15, 0.2) is 0 Å². The molecule has 1 nitrogen and oxygen atoms in total. The molecule has 3 heteroatoms. The first-order chi connectivity index (χ1) is 6.85. The Bertz CT molecular complexity index is 99.5. The second-order valence-electron chi connectivity index (χ2n) is 3.39. The molecule has 1 N–H and O–H groups in total. The van der Waals surface area contributed by atoms with Gasteiger partial charge in [-0.15, -0.1) is 23.5 Å². The highest BCUT2D eigenvalue weighted by atomic mass is 32.2. The molecule has 0 spiro atoms. The van der Waals surface area contributed by atoms with Crippen LogP contribution in [0.2, 0.25) is 0 Å². The molecule has 0 atom stereocenters. The Morgan fingerprint density at radius 2 is 1.50 bits per heavy atom. The van der Waals surface area contributed by atoms with Gasteiger partial charge in [-0.05, 0) is 30.8 Å². The summed E-state index contributed by atoms with van der Waals surface area (Å²) < 4.78 is 0.623. The predicted molar refractivity (Wildman–Crippen MR) is 70.2 cm³/mol. The average molecular weight is 236 g/mol. The van der Waals surface area contributed by atoms with Gasteiger partial charge in [0.25, 0.3) is 0 Å². The first-order valence-electron chi connectivity index (χ1n) is 5.69. The summed E-state index contributed by atoms with van der Waals surface area (Å²) in [6, 6.07) is 0. The monoisotopic (exact) mass is 236 g/mol. The Hall–Kier alpha value is 0.660. The number of hydrogen-bond donors (Lipinski definition) is 1. The maximum absolute atomic E-state index is 8.92. The fraction of sp³-hybridized carbons (Fsp3) is 1.00. The van der Waals surface area contributed by atoms with Gasteiger partial charge >= 0.3 is 0 Å². The van der Waals surface area contributed by atoms with Gasteiger partial charge in [0.2, 0.25) is 0 Å². The van der Waals surface area contributed by atoms with Gasteiger partial charge in [-0.1, -0.05) is 26.7 Å². The summed E-state index contributed by atoms with van der Waals surface area (Å²) in [5.41, 5.74) is 0. The maximum Gasteiger partial charge on any atom is 0.0524 e. The topological polar surface area (TPSA) is 20.2 Å². The third-order valence-electron chi connectivity index (χ3n) is 1.97. The molecule has 0 saturated carbocycles. The van der Waals surface area contributed by atoms with Crippen molar-refractivity contribution in [1.82, 2.24) is 0 Å². The summed E-state index contributed by atoms with van der Waals surface area (Å²) >= 11 is 4.05. The Balaban J connectivity index is 3.44.